The first-order chi connectivity index (χ1) is 12.9. The van der Waals surface area contributed by atoms with E-state index in [-0.39, 0.29) is 24.8 Å². The third kappa shape index (κ3) is 5.41. The van der Waals surface area contributed by atoms with Crippen LogP contribution in [0.2, 0.25) is 0 Å². The Kier molecular flexibility index (Phi) is 8.18. The topological polar surface area (TPSA) is 47.4 Å². The Morgan fingerprint density at radius 2 is 1.75 bits per heavy atom. The van der Waals surface area contributed by atoms with E-state index in [4.69, 9.17) is 9.73 Å². The fourth-order valence-corrected chi connectivity index (χ4v) is 2.95. The third-order valence-corrected chi connectivity index (χ3v) is 4.18. The van der Waals surface area contributed by atoms with E-state index in [2.05, 4.69) is 22.1 Å². The molecule has 144 valence electrons. The van der Waals surface area contributed by atoms with Gasteiger partial charge in [0, 0.05) is 36.8 Å². The maximum atomic E-state index is 5.75. The van der Waals surface area contributed by atoms with Crippen molar-refractivity contribution in [2.24, 2.45) is 4.99 Å². The Bertz CT molecular complexity index is 927. The largest absolute Gasteiger partial charge is 0.439 e. The van der Waals surface area contributed by atoms with Crippen LogP contribution in [0.4, 0.5) is 0 Å². The van der Waals surface area contributed by atoms with Crippen molar-refractivity contribution >= 4 is 36.6 Å². The molecule has 3 aromatic rings. The predicted octanol–water partition coefficient (Wildman–Crippen LogP) is 5.78. The minimum absolute atomic E-state index is 0. The maximum absolute atomic E-state index is 5.75. The molecule has 1 aliphatic heterocycles. The summed E-state index contributed by atoms with van der Waals surface area (Å²) in [4.78, 5) is 13.3. The molecule has 2 aromatic heterocycles. The highest BCUT2D eigenvalue weighted by Gasteiger charge is 2.14. The van der Waals surface area contributed by atoms with Crippen LogP contribution in [-0.4, -0.2) is 22.2 Å². The molecule has 0 amide bonds. The van der Waals surface area contributed by atoms with Gasteiger partial charge in [0.2, 0.25) is 5.88 Å². The lowest BCUT2D eigenvalue weighted by Crippen LogP contribution is -2.11. The van der Waals surface area contributed by atoms with Crippen molar-refractivity contribution in [3.05, 3.63) is 89.9 Å². The summed E-state index contributed by atoms with van der Waals surface area (Å²) in [5.74, 6) is 1.37. The molecule has 1 aliphatic rings. The number of allylic oxidation sites excluding steroid dienone is 1. The van der Waals surface area contributed by atoms with Gasteiger partial charge in [-0.05, 0) is 60.4 Å². The van der Waals surface area contributed by atoms with Crippen molar-refractivity contribution in [3.8, 4) is 11.6 Å². The molecule has 4 nitrogen and oxygen atoms in total. The molecule has 0 bridgehead atoms. The number of aliphatic imine (C=N–C) groups is 1. The average Bonchev–Trinajstić information content (AvgIpc) is 2.71. The molecule has 1 aromatic carbocycles. The molecule has 0 atom stereocenters. The first kappa shape index (κ1) is 21.6. The second kappa shape index (κ2) is 10.6. The molecule has 0 unspecified atom stereocenters. The molecule has 3 heterocycles. The van der Waals surface area contributed by atoms with Gasteiger partial charge in [-0.1, -0.05) is 18.2 Å². The quantitative estimate of drug-likeness (QED) is 0.544. The van der Waals surface area contributed by atoms with Crippen molar-refractivity contribution in [2.45, 2.75) is 12.8 Å². The Morgan fingerprint density at radius 3 is 2.46 bits per heavy atom. The molecule has 0 N–H and O–H groups in total. The zero-order valence-corrected chi connectivity index (χ0v) is 16.8. The summed E-state index contributed by atoms with van der Waals surface area (Å²) >= 11 is 0. The summed E-state index contributed by atoms with van der Waals surface area (Å²) in [7, 11) is 0. The van der Waals surface area contributed by atoms with Crippen LogP contribution in [0.15, 0.2) is 83.8 Å². The van der Waals surface area contributed by atoms with E-state index in [1.807, 2.05) is 60.9 Å². The summed E-state index contributed by atoms with van der Waals surface area (Å²) < 4.78 is 5.75. The Morgan fingerprint density at radius 1 is 0.893 bits per heavy atom. The van der Waals surface area contributed by atoms with Gasteiger partial charge in [0.05, 0.1) is 5.71 Å². The molecule has 0 radical (unpaired) electrons. The number of hydrogen-bond acceptors (Lipinski definition) is 4. The second-order valence-corrected chi connectivity index (χ2v) is 6.09. The van der Waals surface area contributed by atoms with Crippen LogP contribution in [0.1, 0.15) is 24.0 Å². The van der Waals surface area contributed by atoms with E-state index in [1.165, 1.54) is 5.57 Å². The smallest absolute Gasteiger partial charge is 0.219 e. The monoisotopic (exact) mass is 413 g/mol. The van der Waals surface area contributed by atoms with Crippen LogP contribution < -0.4 is 4.74 Å². The molecule has 28 heavy (non-hydrogen) atoms. The lowest BCUT2D eigenvalue weighted by atomic mass is 9.95. The van der Waals surface area contributed by atoms with Gasteiger partial charge >= 0.3 is 0 Å². The Labute approximate surface area is 177 Å². The number of para-hydroxylation sites is 1. The van der Waals surface area contributed by atoms with Crippen LogP contribution in [0.3, 0.4) is 0 Å². The fraction of sp³-hybridized carbons (Fsp3) is 0.136. The van der Waals surface area contributed by atoms with Crippen LogP contribution in [0.5, 0.6) is 11.6 Å². The summed E-state index contributed by atoms with van der Waals surface area (Å²) in [6.45, 7) is 0.865. The van der Waals surface area contributed by atoms with Crippen LogP contribution in [0, 0.1) is 0 Å². The minimum atomic E-state index is 0. The number of hydrogen-bond donors (Lipinski definition) is 0. The van der Waals surface area contributed by atoms with Gasteiger partial charge in [-0.15, -0.1) is 24.8 Å². The lowest BCUT2D eigenvalue weighted by Gasteiger charge is -2.16. The maximum Gasteiger partial charge on any atom is 0.219 e. The van der Waals surface area contributed by atoms with Crippen LogP contribution >= 0.6 is 24.8 Å². The van der Waals surface area contributed by atoms with E-state index in [9.17, 15) is 0 Å². The van der Waals surface area contributed by atoms with E-state index in [0.29, 0.717) is 5.88 Å². The first-order valence-corrected chi connectivity index (χ1v) is 8.73. The fourth-order valence-electron chi connectivity index (χ4n) is 2.95. The highest BCUT2D eigenvalue weighted by Crippen LogP contribution is 2.23. The normalized spacial score (nSPS) is 14.4. The molecule has 0 fully saturated rings. The molecule has 6 heteroatoms. The molecular formula is C22H21Cl2N3O. The third-order valence-electron chi connectivity index (χ3n) is 4.18. The van der Waals surface area contributed by atoms with Gasteiger partial charge in [0.1, 0.15) is 5.75 Å². The van der Waals surface area contributed by atoms with E-state index in [0.717, 1.165) is 42.0 Å². The zero-order chi connectivity index (χ0) is 17.6. The number of aromatic nitrogens is 2. The van der Waals surface area contributed by atoms with Crippen LogP contribution in [0.25, 0.3) is 6.08 Å². The van der Waals surface area contributed by atoms with Crippen LogP contribution in [-0.2, 0) is 0 Å². The van der Waals surface area contributed by atoms with Crippen molar-refractivity contribution < 1.29 is 4.74 Å². The van der Waals surface area contributed by atoms with E-state index in [1.54, 1.807) is 6.20 Å². The molecule has 0 aliphatic carbocycles. The molecular weight excluding hydrogens is 393 g/mol. The van der Waals surface area contributed by atoms with Gasteiger partial charge in [0.25, 0.3) is 0 Å². The molecule has 0 saturated heterocycles. The Hall–Kier alpha value is -2.69. The van der Waals surface area contributed by atoms with E-state index >= 15 is 0 Å². The van der Waals surface area contributed by atoms with Gasteiger partial charge in [-0.2, -0.15) is 0 Å². The summed E-state index contributed by atoms with van der Waals surface area (Å²) in [5, 5.41) is 0. The highest BCUT2D eigenvalue weighted by atomic mass is 35.5. The SMILES string of the molecule is C(=C1/CCCN=C1c1cccnc1)/c1ccc(Oc2ccccc2)nc1.Cl.Cl. The molecule has 0 saturated carbocycles. The average molecular weight is 414 g/mol. The van der Waals surface area contributed by atoms with Gasteiger partial charge in [0.15, 0.2) is 0 Å². The molecule has 0 spiro atoms. The number of benzene rings is 1. The first-order valence-electron chi connectivity index (χ1n) is 8.73. The zero-order valence-electron chi connectivity index (χ0n) is 15.2. The Balaban J connectivity index is 0.00000140. The van der Waals surface area contributed by atoms with Gasteiger partial charge < -0.3 is 4.74 Å². The van der Waals surface area contributed by atoms with E-state index < -0.39 is 0 Å². The lowest BCUT2D eigenvalue weighted by molar-refractivity contribution is 0.463. The summed E-state index contributed by atoms with van der Waals surface area (Å²) in [6, 6.07) is 17.6. The number of halogens is 2. The minimum Gasteiger partial charge on any atom is -0.439 e. The van der Waals surface area contributed by atoms with Crippen molar-refractivity contribution in [1.82, 2.24) is 9.97 Å². The number of nitrogens with zero attached hydrogens (tertiary/aromatic N) is 3. The van der Waals surface area contributed by atoms with Gasteiger partial charge in [-0.3, -0.25) is 9.98 Å². The van der Waals surface area contributed by atoms with Crippen molar-refractivity contribution in [3.63, 3.8) is 0 Å². The summed E-state index contributed by atoms with van der Waals surface area (Å²) in [6.07, 6.45) is 9.72. The number of ether oxygens (including phenoxy) is 1. The number of rotatable bonds is 4. The highest BCUT2D eigenvalue weighted by molar-refractivity contribution is 6.15. The summed E-state index contributed by atoms with van der Waals surface area (Å²) in [5.41, 5.74) is 4.37. The second-order valence-electron chi connectivity index (χ2n) is 6.09. The molecule has 4 rings (SSSR count). The standard InChI is InChI=1S/C22H19N3O.2ClH/c1-2-8-20(9-3-1)26-21-11-10-17(15-25-21)14-18-6-5-13-24-22(18)19-7-4-12-23-16-19;;/h1-4,7-12,14-16H,5-6,13H2;2*1H/b18-14+;;. The van der Waals surface area contributed by atoms with Gasteiger partial charge in [-0.25, -0.2) is 4.98 Å². The van der Waals surface area contributed by atoms with Crippen molar-refractivity contribution in [1.29, 1.82) is 0 Å². The number of pyridine rings is 2. The van der Waals surface area contributed by atoms with Crippen molar-refractivity contribution in [2.75, 3.05) is 6.54 Å². The predicted molar refractivity (Wildman–Crippen MR) is 118 cm³/mol.